The summed E-state index contributed by atoms with van der Waals surface area (Å²) in [5, 5.41) is 9.07. The molecule has 1 aromatic carbocycles. The summed E-state index contributed by atoms with van der Waals surface area (Å²) in [7, 11) is 0. The van der Waals surface area contributed by atoms with Crippen LogP contribution in [0.3, 0.4) is 0 Å². The predicted molar refractivity (Wildman–Crippen MR) is 90.7 cm³/mol. The lowest BCUT2D eigenvalue weighted by molar-refractivity contribution is -0.140. The summed E-state index contributed by atoms with van der Waals surface area (Å²) in [6, 6.07) is 9.26. The topological polar surface area (TPSA) is 73.6 Å². The highest BCUT2D eigenvalue weighted by molar-refractivity contribution is 5.96. The van der Waals surface area contributed by atoms with E-state index < -0.39 is 0 Å². The number of rotatable bonds is 2. The maximum Gasteiger partial charge on any atom is 0.251 e. The lowest BCUT2D eigenvalue weighted by atomic mass is 9.86. The van der Waals surface area contributed by atoms with Crippen molar-refractivity contribution in [1.82, 2.24) is 4.90 Å². The normalized spacial score (nSPS) is 28.8. The van der Waals surface area contributed by atoms with E-state index in [1.54, 1.807) is 23.1 Å². The molecule has 0 bridgehead atoms. The van der Waals surface area contributed by atoms with Gasteiger partial charge >= 0.3 is 0 Å². The molecule has 0 unspecified atom stereocenters. The first kappa shape index (κ1) is 16.1. The lowest BCUT2D eigenvalue weighted by Gasteiger charge is -2.25. The molecule has 0 aromatic heterocycles. The number of nitrogens with zero attached hydrogens (tertiary/aromatic N) is 3. The van der Waals surface area contributed by atoms with Crippen LogP contribution in [-0.4, -0.2) is 49.1 Å². The molecule has 6 heteroatoms. The number of nitriles is 1. The molecule has 0 radical (unpaired) electrons. The monoisotopic (exact) mass is 339 g/mol. The van der Waals surface area contributed by atoms with E-state index in [4.69, 9.17) is 10.00 Å². The van der Waals surface area contributed by atoms with Crippen molar-refractivity contribution >= 4 is 17.5 Å². The van der Waals surface area contributed by atoms with Gasteiger partial charge in [-0.15, -0.1) is 0 Å². The molecule has 25 heavy (non-hydrogen) atoms. The number of amides is 2. The highest BCUT2D eigenvalue weighted by Gasteiger charge is 2.49. The predicted octanol–water partition coefficient (Wildman–Crippen LogP) is 1.69. The van der Waals surface area contributed by atoms with Crippen molar-refractivity contribution in [1.29, 1.82) is 5.26 Å². The van der Waals surface area contributed by atoms with Crippen LogP contribution >= 0.6 is 0 Å². The van der Waals surface area contributed by atoms with Crippen molar-refractivity contribution in [3.05, 3.63) is 29.8 Å². The Morgan fingerprint density at radius 1 is 1.36 bits per heavy atom. The van der Waals surface area contributed by atoms with Crippen LogP contribution in [0.4, 0.5) is 5.69 Å². The van der Waals surface area contributed by atoms with Gasteiger partial charge in [-0.2, -0.15) is 5.26 Å². The number of hydrogen-bond acceptors (Lipinski definition) is 4. The van der Waals surface area contributed by atoms with Gasteiger partial charge in [0, 0.05) is 43.8 Å². The summed E-state index contributed by atoms with van der Waals surface area (Å²) in [5.74, 6) is 0.147. The van der Waals surface area contributed by atoms with Gasteiger partial charge in [-0.1, -0.05) is 6.07 Å². The molecule has 3 saturated heterocycles. The number of anilines is 1. The fourth-order valence-electron chi connectivity index (χ4n) is 4.25. The molecule has 0 saturated carbocycles. The second-order valence-electron chi connectivity index (χ2n) is 7.33. The molecule has 4 rings (SSSR count). The molecular weight excluding hydrogens is 318 g/mol. The van der Waals surface area contributed by atoms with Crippen LogP contribution in [0.1, 0.15) is 31.2 Å². The fraction of sp³-hybridized carbons (Fsp3) is 0.526. The lowest BCUT2D eigenvalue weighted by Crippen LogP contribution is -2.39. The van der Waals surface area contributed by atoms with E-state index in [2.05, 4.69) is 6.07 Å². The van der Waals surface area contributed by atoms with Crippen LogP contribution in [0.25, 0.3) is 0 Å². The number of benzene rings is 1. The molecule has 3 fully saturated rings. The Bertz CT molecular complexity index is 751. The van der Waals surface area contributed by atoms with Gasteiger partial charge in [-0.3, -0.25) is 9.59 Å². The van der Waals surface area contributed by atoms with Crippen LogP contribution in [0.15, 0.2) is 24.3 Å². The average molecular weight is 339 g/mol. The first-order chi connectivity index (χ1) is 12.1. The Hall–Kier alpha value is -2.39. The Morgan fingerprint density at radius 3 is 3.00 bits per heavy atom. The van der Waals surface area contributed by atoms with Gasteiger partial charge in [0.05, 0.1) is 11.6 Å². The Morgan fingerprint density at radius 2 is 2.24 bits per heavy atom. The van der Waals surface area contributed by atoms with E-state index in [0.29, 0.717) is 38.2 Å². The summed E-state index contributed by atoms with van der Waals surface area (Å²) in [4.78, 5) is 28.8. The minimum absolute atomic E-state index is 0.0708. The molecule has 2 atom stereocenters. The van der Waals surface area contributed by atoms with Crippen LogP contribution < -0.4 is 4.90 Å². The first-order valence-corrected chi connectivity index (χ1v) is 8.81. The maximum atomic E-state index is 12.6. The van der Waals surface area contributed by atoms with Crippen molar-refractivity contribution in [3.8, 4) is 6.07 Å². The summed E-state index contributed by atoms with van der Waals surface area (Å²) < 4.78 is 5.52. The van der Waals surface area contributed by atoms with E-state index in [0.717, 1.165) is 24.9 Å². The quantitative estimate of drug-likeness (QED) is 0.822. The molecule has 6 nitrogen and oxygen atoms in total. The molecule has 3 heterocycles. The van der Waals surface area contributed by atoms with Gasteiger partial charge in [0.1, 0.15) is 6.10 Å². The Balaban J connectivity index is 1.48. The molecular formula is C19H21N3O3. The molecule has 130 valence electrons. The molecule has 0 aliphatic carbocycles. The van der Waals surface area contributed by atoms with Crippen molar-refractivity contribution in [2.75, 3.05) is 31.1 Å². The molecule has 0 N–H and O–H groups in total. The van der Waals surface area contributed by atoms with E-state index in [-0.39, 0.29) is 23.3 Å². The summed E-state index contributed by atoms with van der Waals surface area (Å²) >= 11 is 0. The summed E-state index contributed by atoms with van der Waals surface area (Å²) in [5.41, 5.74) is 1.14. The van der Waals surface area contributed by atoms with Crippen molar-refractivity contribution in [2.45, 2.75) is 31.8 Å². The number of likely N-dealkylation sites (tertiary alicyclic amines) is 1. The van der Waals surface area contributed by atoms with Crippen LogP contribution in [0.5, 0.6) is 0 Å². The summed E-state index contributed by atoms with van der Waals surface area (Å²) in [6.45, 7) is 2.58. The minimum Gasteiger partial charge on any atom is -0.368 e. The maximum absolute atomic E-state index is 12.6. The Kier molecular flexibility index (Phi) is 3.97. The van der Waals surface area contributed by atoms with Gasteiger partial charge in [-0.05, 0) is 37.5 Å². The van der Waals surface area contributed by atoms with E-state index in [9.17, 15) is 9.59 Å². The highest BCUT2D eigenvalue weighted by Crippen LogP contribution is 2.42. The average Bonchev–Trinajstić information content (AvgIpc) is 3.36. The molecule has 1 aromatic rings. The number of carbonyl (C=O) groups excluding carboxylic acids is 2. The van der Waals surface area contributed by atoms with Crippen LogP contribution in [0, 0.1) is 16.7 Å². The van der Waals surface area contributed by atoms with E-state index in [1.807, 2.05) is 11.0 Å². The number of carbonyl (C=O) groups is 2. The van der Waals surface area contributed by atoms with Crippen molar-refractivity contribution in [2.24, 2.45) is 5.41 Å². The first-order valence-electron chi connectivity index (χ1n) is 8.81. The number of hydrogen-bond donors (Lipinski definition) is 0. The largest absolute Gasteiger partial charge is 0.368 e. The zero-order chi connectivity index (χ0) is 17.4. The third-order valence-electron chi connectivity index (χ3n) is 5.56. The second-order valence-corrected chi connectivity index (χ2v) is 7.33. The zero-order valence-corrected chi connectivity index (χ0v) is 14.1. The second kappa shape index (κ2) is 6.16. The van der Waals surface area contributed by atoms with Crippen LogP contribution in [-0.2, 0) is 14.3 Å². The number of ether oxygens (including phenoxy) is 1. The van der Waals surface area contributed by atoms with E-state index >= 15 is 0 Å². The third-order valence-corrected chi connectivity index (χ3v) is 5.56. The van der Waals surface area contributed by atoms with Gasteiger partial charge in [0.2, 0.25) is 5.91 Å². The van der Waals surface area contributed by atoms with Gasteiger partial charge in [0.25, 0.3) is 5.91 Å². The van der Waals surface area contributed by atoms with Gasteiger partial charge in [0.15, 0.2) is 0 Å². The molecule has 3 aliphatic heterocycles. The molecule has 2 amide bonds. The fourth-order valence-corrected chi connectivity index (χ4v) is 4.25. The molecule has 1 spiro atoms. The zero-order valence-electron chi connectivity index (χ0n) is 14.1. The summed E-state index contributed by atoms with van der Waals surface area (Å²) in [6.07, 6.45) is 2.74. The highest BCUT2D eigenvalue weighted by atomic mass is 16.5. The minimum atomic E-state index is -0.296. The van der Waals surface area contributed by atoms with Crippen molar-refractivity contribution < 1.29 is 14.3 Å². The molecule has 3 aliphatic rings. The third kappa shape index (κ3) is 2.89. The van der Waals surface area contributed by atoms with Gasteiger partial charge < -0.3 is 14.5 Å². The standard InChI is InChI=1S/C19H21N3O3/c20-11-14-3-1-4-15(9-14)22-13-19(10-17(22)23)6-7-21(12-19)18(24)16-5-2-8-25-16/h1,3-4,9,16H,2,5-8,10,12-13H2/t16-,19-/m1/s1. The Labute approximate surface area is 147 Å². The van der Waals surface area contributed by atoms with Crippen molar-refractivity contribution in [3.63, 3.8) is 0 Å². The van der Waals surface area contributed by atoms with Gasteiger partial charge in [-0.25, -0.2) is 0 Å². The smallest absolute Gasteiger partial charge is 0.251 e. The van der Waals surface area contributed by atoms with E-state index in [1.165, 1.54) is 0 Å². The SMILES string of the molecule is N#Cc1cccc(N2C[C@]3(CCN(C(=O)[C@H]4CCCO4)C3)CC2=O)c1. The van der Waals surface area contributed by atoms with Crippen LogP contribution in [0.2, 0.25) is 0 Å².